The van der Waals surface area contributed by atoms with Gasteiger partial charge in [-0.3, -0.25) is 0 Å². The van der Waals surface area contributed by atoms with Crippen molar-refractivity contribution >= 4 is 51.4 Å². The van der Waals surface area contributed by atoms with Crippen LogP contribution in [-0.4, -0.2) is 22.3 Å². The van der Waals surface area contributed by atoms with Crippen molar-refractivity contribution in [1.82, 2.24) is 5.16 Å². The fourth-order valence-corrected chi connectivity index (χ4v) is 3.11. The first-order chi connectivity index (χ1) is 13.1. The van der Waals surface area contributed by atoms with Gasteiger partial charge in [0.05, 0.1) is 21.8 Å². The second-order valence-electron chi connectivity index (χ2n) is 5.46. The first kappa shape index (κ1) is 20.7. The van der Waals surface area contributed by atoms with Crippen LogP contribution in [0.4, 0.5) is 19.0 Å². The van der Waals surface area contributed by atoms with Gasteiger partial charge in [0.15, 0.2) is 5.58 Å². The lowest BCUT2D eigenvalue weighted by Gasteiger charge is -2.12. The third-order valence-electron chi connectivity index (χ3n) is 3.40. The summed E-state index contributed by atoms with van der Waals surface area (Å²) >= 11 is 10.7. The van der Waals surface area contributed by atoms with Crippen LogP contribution in [0, 0.1) is 0 Å². The van der Waals surface area contributed by atoms with Gasteiger partial charge in [0.1, 0.15) is 24.4 Å². The van der Waals surface area contributed by atoms with E-state index in [2.05, 4.69) is 14.6 Å². The van der Waals surface area contributed by atoms with Gasteiger partial charge in [-0.1, -0.05) is 28.4 Å². The summed E-state index contributed by atoms with van der Waals surface area (Å²) in [7, 11) is 0. The minimum Gasteiger partial charge on any atom is -0.593 e. The Morgan fingerprint density at radius 3 is 2.61 bits per heavy atom. The first-order valence-corrected chi connectivity index (χ1v) is 9.80. The average Bonchev–Trinajstić information content (AvgIpc) is 2.95. The molecule has 12 heteroatoms. The summed E-state index contributed by atoms with van der Waals surface area (Å²) in [5.41, 5.74) is 0.934. The lowest BCUT2D eigenvalue weighted by atomic mass is 10.2. The van der Waals surface area contributed by atoms with E-state index >= 15 is 0 Å². The highest BCUT2D eigenvalue weighted by molar-refractivity contribution is 7.92. The number of hydrogen-bond donors (Lipinski definition) is 1. The van der Waals surface area contributed by atoms with Gasteiger partial charge in [-0.2, -0.15) is 4.72 Å². The highest BCUT2D eigenvalue weighted by Crippen LogP contribution is 2.34. The Labute approximate surface area is 169 Å². The Balaban J connectivity index is 1.75. The maximum absolute atomic E-state index is 12.3. The third-order valence-corrected chi connectivity index (χ3v) is 4.53. The molecule has 0 aliphatic carbocycles. The fraction of sp³-hybridized carbons (Fsp3) is 0.188. The van der Waals surface area contributed by atoms with Gasteiger partial charge >= 0.3 is 6.36 Å². The van der Waals surface area contributed by atoms with E-state index in [0.29, 0.717) is 21.6 Å². The molecule has 0 saturated carbocycles. The maximum atomic E-state index is 12.3. The molecule has 1 unspecified atom stereocenters. The second kappa shape index (κ2) is 8.16. The van der Waals surface area contributed by atoms with Gasteiger partial charge in [-0.25, -0.2) is 0 Å². The van der Waals surface area contributed by atoms with Gasteiger partial charge in [-0.05, 0) is 24.3 Å². The summed E-state index contributed by atoms with van der Waals surface area (Å²) in [4.78, 5) is 0. The maximum Gasteiger partial charge on any atom is 0.573 e. The predicted molar refractivity (Wildman–Crippen MR) is 99.2 cm³/mol. The van der Waals surface area contributed by atoms with E-state index in [1.54, 1.807) is 12.1 Å². The summed E-state index contributed by atoms with van der Waals surface area (Å²) in [6.45, 7) is -0.00620. The van der Waals surface area contributed by atoms with Crippen LogP contribution >= 0.6 is 23.2 Å². The highest BCUT2D eigenvalue weighted by atomic mass is 35.5. The number of anilines is 1. The van der Waals surface area contributed by atoms with Gasteiger partial charge in [0, 0.05) is 16.7 Å². The van der Waals surface area contributed by atoms with E-state index in [0.717, 1.165) is 6.07 Å². The van der Waals surface area contributed by atoms with Crippen LogP contribution in [0.5, 0.6) is 11.5 Å². The molecular formula is C16H11Cl2F3N2O4S. The molecule has 0 radical (unpaired) electrons. The zero-order valence-corrected chi connectivity index (χ0v) is 16.3. The number of fused-ring (bicyclic) bond motifs is 1. The minimum atomic E-state index is -4.84. The molecule has 1 atom stereocenters. The molecule has 6 nitrogen and oxygen atoms in total. The molecule has 150 valence electrons. The number of hydrogen-bond acceptors (Lipinski definition) is 6. The number of benzene rings is 2. The van der Waals surface area contributed by atoms with Crippen molar-refractivity contribution in [2.75, 3.05) is 11.0 Å². The number of ether oxygens (including phenoxy) is 2. The van der Waals surface area contributed by atoms with Gasteiger partial charge < -0.3 is 18.5 Å². The van der Waals surface area contributed by atoms with Crippen molar-refractivity contribution < 1.29 is 31.7 Å². The smallest absolute Gasteiger partial charge is 0.573 e. The summed E-state index contributed by atoms with van der Waals surface area (Å²) in [6.07, 6.45) is -3.40. The number of nitrogens with zero attached hydrogens (tertiary/aromatic N) is 1. The Hall–Kier alpha value is -2.01. The number of halogens is 5. The van der Waals surface area contributed by atoms with Crippen LogP contribution in [0.25, 0.3) is 11.0 Å². The van der Waals surface area contributed by atoms with Crippen LogP contribution < -0.4 is 14.2 Å². The molecule has 1 aromatic heterocycles. The SMILES string of the molecule is C[S+]([O-])Nc1noc2cc(COc3ccc(OC(F)(F)F)c(Cl)c3)c(Cl)cc12. The number of alkyl halides is 3. The summed E-state index contributed by atoms with van der Waals surface area (Å²) in [5.74, 6) is -0.0230. The van der Waals surface area contributed by atoms with Gasteiger partial charge in [0.2, 0.25) is 5.82 Å². The molecule has 0 amide bonds. The molecule has 0 aliphatic rings. The summed E-state index contributed by atoms with van der Waals surface area (Å²) < 4.78 is 65.2. The van der Waals surface area contributed by atoms with Crippen molar-refractivity contribution in [1.29, 1.82) is 0 Å². The molecule has 28 heavy (non-hydrogen) atoms. The van der Waals surface area contributed by atoms with E-state index in [9.17, 15) is 17.7 Å². The molecule has 3 aromatic rings. The monoisotopic (exact) mass is 454 g/mol. The number of nitrogens with one attached hydrogen (secondary N) is 1. The minimum absolute atomic E-state index is 0.00620. The molecule has 0 spiro atoms. The summed E-state index contributed by atoms with van der Waals surface area (Å²) in [5, 5.41) is 4.41. The standard InChI is InChI=1S/C16H11Cl2F3N2O4S/c1-28(24)23-15-10-6-11(17)8(4-14(10)27-22-15)7-25-9-2-3-13(12(18)5-9)26-16(19,20)21/h2-6H,7H2,1H3,(H,22,23). The van der Waals surface area contributed by atoms with Crippen LogP contribution in [0.2, 0.25) is 10.0 Å². The highest BCUT2D eigenvalue weighted by Gasteiger charge is 2.32. The van der Waals surface area contributed by atoms with E-state index in [4.69, 9.17) is 32.5 Å². The second-order valence-corrected chi connectivity index (χ2v) is 7.38. The van der Waals surface area contributed by atoms with Crippen LogP contribution in [0.15, 0.2) is 34.9 Å². The normalized spacial score (nSPS) is 12.8. The van der Waals surface area contributed by atoms with Crippen molar-refractivity contribution in [3.63, 3.8) is 0 Å². The molecule has 0 aliphatic heterocycles. The van der Waals surface area contributed by atoms with E-state index in [1.165, 1.54) is 18.4 Å². The van der Waals surface area contributed by atoms with Crippen molar-refractivity contribution in [2.24, 2.45) is 0 Å². The fourth-order valence-electron chi connectivity index (χ4n) is 2.26. The molecule has 1 N–H and O–H groups in total. The third kappa shape index (κ3) is 5.07. The van der Waals surface area contributed by atoms with Crippen molar-refractivity contribution in [2.45, 2.75) is 13.0 Å². The van der Waals surface area contributed by atoms with E-state index in [-0.39, 0.29) is 23.2 Å². The molecular weight excluding hydrogens is 444 g/mol. The molecule has 3 rings (SSSR count). The topological polar surface area (TPSA) is 79.6 Å². The average molecular weight is 455 g/mol. The quantitative estimate of drug-likeness (QED) is 0.507. The largest absolute Gasteiger partial charge is 0.593 e. The zero-order valence-electron chi connectivity index (χ0n) is 14.0. The number of aromatic nitrogens is 1. The number of rotatable bonds is 6. The van der Waals surface area contributed by atoms with Crippen LogP contribution in [0.1, 0.15) is 5.56 Å². The Morgan fingerprint density at radius 2 is 1.96 bits per heavy atom. The summed E-state index contributed by atoms with van der Waals surface area (Å²) in [6, 6.07) is 6.70. The van der Waals surface area contributed by atoms with E-state index in [1.807, 2.05) is 0 Å². The van der Waals surface area contributed by atoms with Crippen LogP contribution in [-0.2, 0) is 18.0 Å². The molecule has 2 aromatic carbocycles. The molecule has 0 saturated heterocycles. The molecule has 0 fully saturated rings. The first-order valence-electron chi connectivity index (χ1n) is 7.48. The zero-order chi connectivity index (χ0) is 20.5. The lowest BCUT2D eigenvalue weighted by Crippen LogP contribution is -2.17. The van der Waals surface area contributed by atoms with E-state index < -0.39 is 23.5 Å². The van der Waals surface area contributed by atoms with Crippen molar-refractivity contribution in [3.8, 4) is 11.5 Å². The van der Waals surface area contributed by atoms with Crippen molar-refractivity contribution in [3.05, 3.63) is 45.9 Å². The Bertz CT molecular complexity index is 998. The predicted octanol–water partition coefficient (Wildman–Crippen LogP) is 5.32. The molecule has 0 bridgehead atoms. The van der Waals surface area contributed by atoms with Crippen LogP contribution in [0.3, 0.4) is 0 Å². The van der Waals surface area contributed by atoms with Gasteiger partial charge in [-0.15, -0.1) is 13.2 Å². The van der Waals surface area contributed by atoms with Gasteiger partial charge in [0.25, 0.3) is 0 Å². The Morgan fingerprint density at radius 1 is 1.21 bits per heavy atom. The molecule has 1 heterocycles. The Kier molecular flexibility index (Phi) is 6.04. The lowest BCUT2D eigenvalue weighted by molar-refractivity contribution is -0.274.